The first-order chi connectivity index (χ1) is 15.9. The van der Waals surface area contributed by atoms with E-state index < -0.39 is 0 Å². The number of hydrogen-bond donors (Lipinski definition) is 2. The molecule has 8 heteroatoms. The van der Waals surface area contributed by atoms with Crippen LogP contribution in [0.25, 0.3) is 11.1 Å². The molecule has 0 aromatic heterocycles. The maximum atomic E-state index is 13.1. The van der Waals surface area contributed by atoms with Gasteiger partial charge in [-0.05, 0) is 47.7 Å². The number of anilines is 2. The van der Waals surface area contributed by atoms with E-state index in [2.05, 4.69) is 16.7 Å². The van der Waals surface area contributed by atoms with Gasteiger partial charge in [-0.3, -0.25) is 9.69 Å². The first-order valence-corrected chi connectivity index (χ1v) is 11.8. The minimum absolute atomic E-state index is 0.0204. The maximum absolute atomic E-state index is 13.1. The van der Waals surface area contributed by atoms with Crippen LogP contribution in [-0.4, -0.2) is 18.5 Å². The number of benzene rings is 3. The van der Waals surface area contributed by atoms with E-state index >= 15 is 0 Å². The van der Waals surface area contributed by atoms with Crippen molar-refractivity contribution in [2.24, 2.45) is 0 Å². The van der Waals surface area contributed by atoms with Gasteiger partial charge in [0.2, 0.25) is 5.91 Å². The van der Waals surface area contributed by atoms with Crippen molar-refractivity contribution in [3.8, 4) is 11.1 Å². The van der Waals surface area contributed by atoms with E-state index in [4.69, 9.17) is 34.8 Å². The van der Waals surface area contributed by atoms with Gasteiger partial charge in [0, 0.05) is 35.7 Å². The predicted molar refractivity (Wildman–Crippen MR) is 133 cm³/mol. The quantitative estimate of drug-likeness (QED) is 0.422. The maximum Gasteiger partial charge on any atom is 0.326 e. The van der Waals surface area contributed by atoms with Gasteiger partial charge in [-0.2, -0.15) is 0 Å². The molecule has 1 saturated heterocycles. The van der Waals surface area contributed by atoms with E-state index in [0.29, 0.717) is 46.0 Å². The number of fused-ring (bicyclic) bond motifs is 1. The Bertz CT molecular complexity index is 1260. The molecule has 2 aliphatic rings. The lowest BCUT2D eigenvalue weighted by atomic mass is 9.85. The van der Waals surface area contributed by atoms with Crippen LogP contribution in [0.5, 0.6) is 0 Å². The summed E-state index contributed by atoms with van der Waals surface area (Å²) in [7, 11) is 0. The molecule has 1 unspecified atom stereocenters. The van der Waals surface area contributed by atoms with E-state index in [9.17, 15) is 9.59 Å². The highest BCUT2D eigenvalue weighted by Gasteiger charge is 2.32. The van der Waals surface area contributed by atoms with E-state index in [0.717, 1.165) is 28.7 Å². The second-order valence-corrected chi connectivity index (χ2v) is 9.37. The predicted octanol–water partition coefficient (Wildman–Crippen LogP) is 6.67. The summed E-state index contributed by atoms with van der Waals surface area (Å²) < 4.78 is 0. The number of halogens is 3. The number of amides is 3. The zero-order valence-corrected chi connectivity index (χ0v) is 19.8. The summed E-state index contributed by atoms with van der Waals surface area (Å²) in [5.41, 5.74) is 4.75. The summed E-state index contributed by atoms with van der Waals surface area (Å²) >= 11 is 19.6. The monoisotopic (exact) mass is 499 g/mol. The number of carbonyl (C=O) groups excluding carboxylic acids is 2. The summed E-state index contributed by atoms with van der Waals surface area (Å²) in [5.74, 6) is 0.0471. The van der Waals surface area contributed by atoms with Gasteiger partial charge in [0.25, 0.3) is 0 Å². The van der Waals surface area contributed by atoms with E-state index in [1.807, 2.05) is 30.3 Å². The molecule has 3 aromatic carbocycles. The van der Waals surface area contributed by atoms with Crippen molar-refractivity contribution in [1.29, 1.82) is 0 Å². The Hall–Kier alpha value is -2.73. The molecule has 3 aromatic rings. The average molecular weight is 501 g/mol. The molecule has 0 spiro atoms. The van der Waals surface area contributed by atoms with Gasteiger partial charge < -0.3 is 10.6 Å². The topological polar surface area (TPSA) is 61.4 Å². The van der Waals surface area contributed by atoms with E-state index in [-0.39, 0.29) is 17.9 Å². The molecule has 0 radical (unpaired) electrons. The lowest BCUT2D eigenvalue weighted by Gasteiger charge is -2.34. The molecule has 5 nitrogen and oxygen atoms in total. The van der Waals surface area contributed by atoms with Crippen LogP contribution >= 0.6 is 34.8 Å². The molecule has 1 atom stereocenters. The number of piperidine rings is 1. The fourth-order valence-electron chi connectivity index (χ4n) is 4.56. The number of rotatable bonds is 3. The smallest absolute Gasteiger partial charge is 0.326 e. The Morgan fingerprint density at radius 1 is 0.848 bits per heavy atom. The largest absolute Gasteiger partial charge is 0.356 e. The molecule has 0 bridgehead atoms. The standard InChI is InChI=1S/C25H20Cl3N3O2/c26-19-5-2-1-4-16(19)17-10-15(14-8-9-29-23(32)12-14)11-22-18(17)13-30-25(33)31(22)24-20(27)6-3-7-21(24)28/h1-7,10-11,14H,8-9,12-13H2,(H,29,32)(H,30,33). The number of hydrogen-bond acceptors (Lipinski definition) is 2. The van der Waals surface area contributed by atoms with Crippen LogP contribution in [0.2, 0.25) is 15.1 Å². The second kappa shape index (κ2) is 8.90. The summed E-state index contributed by atoms with van der Waals surface area (Å²) in [5, 5.41) is 7.17. The van der Waals surface area contributed by atoms with Gasteiger partial charge in [0.15, 0.2) is 0 Å². The van der Waals surface area contributed by atoms with Gasteiger partial charge in [0.1, 0.15) is 0 Å². The number of carbonyl (C=O) groups is 2. The third-order valence-corrected chi connectivity index (χ3v) is 7.09. The SMILES string of the molecule is O=C1CC(c2cc(-c3ccccc3Cl)c3c(c2)N(c2c(Cl)cccc2Cl)C(=O)NC3)CCN1. The minimum Gasteiger partial charge on any atom is -0.356 e. The van der Waals surface area contributed by atoms with Gasteiger partial charge >= 0.3 is 6.03 Å². The number of urea groups is 1. The summed E-state index contributed by atoms with van der Waals surface area (Å²) in [6.07, 6.45) is 1.20. The highest BCUT2D eigenvalue weighted by atomic mass is 35.5. The Labute approximate surface area is 206 Å². The Morgan fingerprint density at radius 2 is 1.58 bits per heavy atom. The van der Waals surface area contributed by atoms with Crippen molar-refractivity contribution in [2.45, 2.75) is 25.3 Å². The van der Waals surface area contributed by atoms with Crippen molar-refractivity contribution >= 4 is 58.1 Å². The van der Waals surface area contributed by atoms with Crippen LogP contribution in [-0.2, 0) is 11.3 Å². The highest BCUT2D eigenvalue weighted by molar-refractivity contribution is 6.40. The van der Waals surface area contributed by atoms with Gasteiger partial charge in [-0.15, -0.1) is 0 Å². The molecule has 1 fully saturated rings. The van der Waals surface area contributed by atoms with Crippen LogP contribution in [0.15, 0.2) is 54.6 Å². The molecular weight excluding hydrogens is 481 g/mol. The molecule has 3 amide bonds. The summed E-state index contributed by atoms with van der Waals surface area (Å²) in [6, 6.07) is 16.5. The van der Waals surface area contributed by atoms with Crippen molar-refractivity contribution in [1.82, 2.24) is 10.6 Å². The van der Waals surface area contributed by atoms with Crippen molar-refractivity contribution < 1.29 is 9.59 Å². The minimum atomic E-state index is -0.318. The summed E-state index contributed by atoms with van der Waals surface area (Å²) in [4.78, 5) is 26.8. The first kappa shape index (κ1) is 22.1. The van der Waals surface area contributed by atoms with Gasteiger partial charge in [0.05, 0.1) is 21.4 Å². The second-order valence-electron chi connectivity index (χ2n) is 8.15. The average Bonchev–Trinajstić information content (AvgIpc) is 2.80. The van der Waals surface area contributed by atoms with Crippen LogP contribution in [0.4, 0.5) is 16.2 Å². The first-order valence-electron chi connectivity index (χ1n) is 10.6. The van der Waals surface area contributed by atoms with Crippen molar-refractivity contribution in [3.63, 3.8) is 0 Å². The van der Waals surface area contributed by atoms with Crippen LogP contribution in [0.3, 0.4) is 0 Å². The molecule has 0 saturated carbocycles. The Morgan fingerprint density at radius 3 is 2.30 bits per heavy atom. The third kappa shape index (κ3) is 4.05. The van der Waals surface area contributed by atoms with Gasteiger partial charge in [-0.25, -0.2) is 4.79 Å². The van der Waals surface area contributed by atoms with Crippen molar-refractivity contribution in [2.75, 3.05) is 11.4 Å². The fraction of sp³-hybridized carbons (Fsp3) is 0.200. The lowest BCUT2D eigenvalue weighted by Crippen LogP contribution is -2.42. The molecule has 2 N–H and O–H groups in total. The molecular formula is C25H20Cl3N3O2. The molecule has 33 heavy (non-hydrogen) atoms. The van der Waals surface area contributed by atoms with E-state index in [1.54, 1.807) is 18.2 Å². The molecule has 2 heterocycles. The lowest BCUT2D eigenvalue weighted by molar-refractivity contribution is -0.122. The zero-order chi connectivity index (χ0) is 23.1. The molecule has 168 valence electrons. The normalized spacial score (nSPS) is 17.9. The molecule has 0 aliphatic carbocycles. The highest BCUT2D eigenvalue weighted by Crippen LogP contribution is 2.46. The van der Waals surface area contributed by atoms with Crippen molar-refractivity contribution in [3.05, 3.63) is 80.8 Å². The zero-order valence-electron chi connectivity index (χ0n) is 17.5. The van der Waals surface area contributed by atoms with Crippen LogP contribution < -0.4 is 15.5 Å². The number of nitrogens with zero attached hydrogens (tertiary/aromatic N) is 1. The summed E-state index contributed by atoms with van der Waals surface area (Å²) in [6.45, 7) is 0.946. The number of para-hydroxylation sites is 1. The Kier molecular flexibility index (Phi) is 5.95. The van der Waals surface area contributed by atoms with Crippen LogP contribution in [0.1, 0.15) is 29.9 Å². The van der Waals surface area contributed by atoms with Crippen LogP contribution in [0, 0.1) is 0 Å². The number of nitrogens with one attached hydrogen (secondary N) is 2. The van der Waals surface area contributed by atoms with Gasteiger partial charge in [-0.1, -0.05) is 65.1 Å². The fourth-order valence-corrected chi connectivity index (χ4v) is 5.37. The van der Waals surface area contributed by atoms with E-state index in [1.165, 1.54) is 4.90 Å². The Balaban J connectivity index is 1.77. The molecule has 2 aliphatic heterocycles. The molecule has 5 rings (SSSR count). The third-order valence-electron chi connectivity index (χ3n) is 6.15.